The molecule has 1 saturated heterocycles. The Morgan fingerprint density at radius 2 is 1.94 bits per heavy atom. The summed E-state index contributed by atoms with van der Waals surface area (Å²) in [4.78, 5) is 36.8. The van der Waals surface area contributed by atoms with Crippen LogP contribution in [0, 0.1) is 5.82 Å². The molecule has 2 N–H and O–H groups in total. The number of nitrogens with one attached hydrogen (secondary N) is 1. The molecule has 0 radical (unpaired) electrons. The molecule has 0 saturated carbocycles. The quantitative estimate of drug-likeness (QED) is 0.448. The molecule has 2 aromatic carbocycles. The minimum absolute atomic E-state index is 0.0125. The van der Waals surface area contributed by atoms with E-state index in [0.29, 0.717) is 11.3 Å². The zero-order chi connectivity index (χ0) is 22.1. The van der Waals surface area contributed by atoms with Crippen molar-refractivity contribution in [1.29, 1.82) is 0 Å². The Kier molecular flexibility index (Phi) is 5.31. The molecule has 2 heterocycles. The normalized spacial score (nSPS) is 14.9. The number of carbonyl (C=O) groups excluding carboxylic acids is 2. The monoisotopic (exact) mass is 440 g/mol. The van der Waals surface area contributed by atoms with Crippen LogP contribution in [0.3, 0.4) is 0 Å². The Balaban J connectivity index is 1.55. The van der Waals surface area contributed by atoms with Crippen molar-refractivity contribution in [2.75, 3.05) is 0 Å². The van der Waals surface area contributed by atoms with Crippen molar-refractivity contribution in [2.45, 2.75) is 6.54 Å². The summed E-state index contributed by atoms with van der Waals surface area (Å²) in [6.45, 7) is -0.202. The smallest absolute Gasteiger partial charge is 0.337 e. The van der Waals surface area contributed by atoms with Crippen LogP contribution in [0.5, 0.6) is 0 Å². The lowest BCUT2D eigenvalue weighted by molar-refractivity contribution is -0.123. The van der Waals surface area contributed by atoms with Crippen LogP contribution in [0.2, 0.25) is 5.02 Å². The predicted molar refractivity (Wildman–Crippen MR) is 110 cm³/mol. The van der Waals surface area contributed by atoms with Gasteiger partial charge in [0, 0.05) is 17.2 Å². The minimum atomic E-state index is -1.14. The highest BCUT2D eigenvalue weighted by molar-refractivity contribution is 6.33. The Hall–Kier alpha value is -3.91. The van der Waals surface area contributed by atoms with Crippen LogP contribution >= 0.6 is 11.6 Å². The van der Waals surface area contributed by atoms with Gasteiger partial charge in [0.1, 0.15) is 23.0 Å². The third kappa shape index (κ3) is 4.06. The molecule has 1 aliphatic heterocycles. The summed E-state index contributed by atoms with van der Waals surface area (Å²) in [7, 11) is 0. The first kappa shape index (κ1) is 20.4. The second kappa shape index (κ2) is 8.08. The highest BCUT2D eigenvalue weighted by Gasteiger charge is 2.34. The van der Waals surface area contributed by atoms with Gasteiger partial charge in [-0.3, -0.25) is 9.69 Å². The maximum atomic E-state index is 13.9. The molecule has 0 unspecified atom stereocenters. The standard InChI is InChI=1S/C22H14ClFN2O5/c23-16-9-12(5-7-15(16)21(28)29)19-8-6-14(31-19)10-18-20(27)26(22(30)25-18)11-13-3-1-2-4-17(13)24/h1-10H,11H2,(H,25,30)(H,28,29). The van der Waals surface area contributed by atoms with Crippen LogP contribution in [0.25, 0.3) is 17.4 Å². The molecule has 0 bridgehead atoms. The summed E-state index contributed by atoms with van der Waals surface area (Å²) in [5.74, 6) is -1.59. The summed E-state index contributed by atoms with van der Waals surface area (Å²) < 4.78 is 19.5. The minimum Gasteiger partial charge on any atom is -0.478 e. The highest BCUT2D eigenvalue weighted by Crippen LogP contribution is 2.28. The maximum Gasteiger partial charge on any atom is 0.337 e. The van der Waals surface area contributed by atoms with E-state index in [1.807, 2.05) is 0 Å². The SMILES string of the molecule is O=C(O)c1ccc(-c2ccc(C=C3NC(=O)N(Cc4ccccc4F)C3=O)o2)cc1Cl. The van der Waals surface area contributed by atoms with Crippen molar-refractivity contribution >= 4 is 35.6 Å². The van der Waals surface area contributed by atoms with Gasteiger partial charge >= 0.3 is 12.0 Å². The topological polar surface area (TPSA) is 99.9 Å². The first-order chi connectivity index (χ1) is 14.8. The van der Waals surface area contributed by atoms with Crippen LogP contribution in [-0.4, -0.2) is 27.9 Å². The Labute approximate surface area is 180 Å². The summed E-state index contributed by atoms with van der Waals surface area (Å²) in [6, 6.07) is 12.8. The molecule has 7 nitrogen and oxygen atoms in total. The van der Waals surface area contributed by atoms with Crippen molar-refractivity contribution in [3.8, 4) is 11.3 Å². The number of aromatic carboxylic acids is 1. The number of rotatable bonds is 5. The summed E-state index contributed by atoms with van der Waals surface area (Å²) in [5.41, 5.74) is 0.715. The molecule has 1 aliphatic rings. The molecule has 9 heteroatoms. The maximum absolute atomic E-state index is 13.9. The third-order valence-electron chi connectivity index (χ3n) is 4.65. The van der Waals surface area contributed by atoms with Gasteiger partial charge in [-0.1, -0.05) is 35.9 Å². The number of halogens is 2. The molecular formula is C22H14ClFN2O5. The fraction of sp³-hybridized carbons (Fsp3) is 0.0455. The second-order valence-electron chi connectivity index (χ2n) is 6.67. The number of nitrogens with zero attached hydrogens (tertiary/aromatic N) is 1. The van der Waals surface area contributed by atoms with Crippen molar-refractivity contribution in [2.24, 2.45) is 0 Å². The van der Waals surface area contributed by atoms with E-state index in [-0.39, 0.29) is 34.2 Å². The number of furan rings is 1. The largest absolute Gasteiger partial charge is 0.478 e. The molecule has 3 aromatic rings. The van der Waals surface area contributed by atoms with Crippen molar-refractivity contribution in [1.82, 2.24) is 10.2 Å². The number of amides is 3. The fourth-order valence-electron chi connectivity index (χ4n) is 3.08. The average Bonchev–Trinajstić information content (AvgIpc) is 3.29. The third-order valence-corrected chi connectivity index (χ3v) is 4.96. The van der Waals surface area contributed by atoms with Crippen LogP contribution in [-0.2, 0) is 11.3 Å². The van der Waals surface area contributed by atoms with Gasteiger partial charge in [0.15, 0.2) is 0 Å². The van der Waals surface area contributed by atoms with E-state index in [4.69, 9.17) is 21.1 Å². The van der Waals surface area contributed by atoms with Crippen LogP contribution in [0.1, 0.15) is 21.7 Å². The van der Waals surface area contributed by atoms with Gasteiger partial charge < -0.3 is 14.8 Å². The number of carboxylic acid groups (broad SMARTS) is 1. The first-order valence-electron chi connectivity index (χ1n) is 9.04. The summed E-state index contributed by atoms with van der Waals surface area (Å²) >= 11 is 5.99. The molecule has 0 aliphatic carbocycles. The van der Waals surface area contributed by atoms with Crippen molar-refractivity contribution < 1.29 is 28.3 Å². The fourth-order valence-corrected chi connectivity index (χ4v) is 3.34. The van der Waals surface area contributed by atoms with Crippen molar-refractivity contribution in [3.05, 3.63) is 88.0 Å². The number of benzene rings is 2. The van der Waals surface area contributed by atoms with Crippen LogP contribution in [0.4, 0.5) is 9.18 Å². The average molecular weight is 441 g/mol. The number of carbonyl (C=O) groups is 3. The Bertz CT molecular complexity index is 1250. The van der Waals surface area contributed by atoms with Crippen LogP contribution < -0.4 is 5.32 Å². The van der Waals surface area contributed by atoms with Gasteiger partial charge in [0.05, 0.1) is 17.1 Å². The van der Waals surface area contributed by atoms with Crippen LogP contribution in [0.15, 0.2) is 64.7 Å². The molecule has 31 heavy (non-hydrogen) atoms. The molecule has 0 spiro atoms. The molecule has 4 rings (SSSR count). The van der Waals surface area contributed by atoms with Gasteiger partial charge in [-0.25, -0.2) is 14.0 Å². The lowest BCUT2D eigenvalue weighted by Crippen LogP contribution is -2.30. The lowest BCUT2D eigenvalue weighted by atomic mass is 10.1. The Morgan fingerprint density at radius 1 is 1.16 bits per heavy atom. The number of urea groups is 1. The van der Waals surface area contributed by atoms with E-state index in [1.165, 1.54) is 36.4 Å². The van der Waals surface area contributed by atoms with E-state index < -0.39 is 23.7 Å². The van der Waals surface area contributed by atoms with E-state index in [2.05, 4.69) is 5.32 Å². The van der Waals surface area contributed by atoms with E-state index >= 15 is 0 Å². The van der Waals surface area contributed by atoms with E-state index in [1.54, 1.807) is 24.3 Å². The summed E-state index contributed by atoms with van der Waals surface area (Å²) in [6.07, 6.45) is 1.36. The first-order valence-corrected chi connectivity index (χ1v) is 9.42. The zero-order valence-electron chi connectivity index (χ0n) is 15.8. The molecular weight excluding hydrogens is 427 g/mol. The Morgan fingerprint density at radius 3 is 2.65 bits per heavy atom. The zero-order valence-corrected chi connectivity index (χ0v) is 16.5. The van der Waals surface area contributed by atoms with Gasteiger partial charge in [0.25, 0.3) is 5.91 Å². The van der Waals surface area contributed by atoms with E-state index in [0.717, 1.165) is 4.90 Å². The molecule has 1 aromatic heterocycles. The summed E-state index contributed by atoms with van der Waals surface area (Å²) in [5, 5.41) is 11.6. The number of imide groups is 1. The molecule has 1 fully saturated rings. The lowest BCUT2D eigenvalue weighted by Gasteiger charge is -2.12. The number of hydrogen-bond donors (Lipinski definition) is 2. The molecule has 3 amide bonds. The number of carboxylic acids is 1. The molecule has 156 valence electrons. The van der Waals surface area contributed by atoms with Gasteiger partial charge in [-0.2, -0.15) is 0 Å². The highest BCUT2D eigenvalue weighted by atomic mass is 35.5. The molecule has 0 atom stereocenters. The predicted octanol–water partition coefficient (Wildman–Crippen LogP) is 4.53. The number of hydrogen-bond acceptors (Lipinski definition) is 4. The van der Waals surface area contributed by atoms with Gasteiger partial charge in [-0.05, 0) is 30.3 Å². The van der Waals surface area contributed by atoms with Gasteiger partial charge in [-0.15, -0.1) is 0 Å². The second-order valence-corrected chi connectivity index (χ2v) is 7.08. The van der Waals surface area contributed by atoms with E-state index in [9.17, 15) is 18.8 Å². The van der Waals surface area contributed by atoms with Gasteiger partial charge in [0.2, 0.25) is 0 Å². The van der Waals surface area contributed by atoms with Crippen molar-refractivity contribution in [3.63, 3.8) is 0 Å².